The van der Waals surface area contributed by atoms with Gasteiger partial charge in [-0.3, -0.25) is 9.78 Å². The molecule has 1 saturated heterocycles. The zero-order valence-electron chi connectivity index (χ0n) is 12.1. The van der Waals surface area contributed by atoms with Crippen LogP contribution in [0.4, 0.5) is 5.69 Å². The van der Waals surface area contributed by atoms with E-state index in [1.807, 2.05) is 29.2 Å². The third-order valence-electron chi connectivity index (χ3n) is 3.84. The van der Waals surface area contributed by atoms with Crippen molar-refractivity contribution in [1.29, 1.82) is 5.26 Å². The second-order valence-electron chi connectivity index (χ2n) is 5.15. The van der Waals surface area contributed by atoms with Gasteiger partial charge in [0.1, 0.15) is 6.07 Å². The number of amides is 1. The van der Waals surface area contributed by atoms with Crippen molar-refractivity contribution in [2.45, 2.75) is 0 Å². The quantitative estimate of drug-likeness (QED) is 0.848. The number of pyridine rings is 1. The monoisotopic (exact) mass is 292 g/mol. The topological polar surface area (TPSA) is 60.2 Å². The van der Waals surface area contributed by atoms with E-state index in [-0.39, 0.29) is 5.91 Å². The van der Waals surface area contributed by atoms with Gasteiger partial charge in [-0.2, -0.15) is 5.26 Å². The molecule has 1 aliphatic rings. The Labute approximate surface area is 129 Å². The van der Waals surface area contributed by atoms with Crippen LogP contribution >= 0.6 is 0 Å². The van der Waals surface area contributed by atoms with Gasteiger partial charge in [0.2, 0.25) is 0 Å². The summed E-state index contributed by atoms with van der Waals surface area (Å²) in [6.45, 7) is 2.75. The van der Waals surface area contributed by atoms with Crippen LogP contribution in [0.25, 0.3) is 0 Å². The molecular formula is C17H16N4O. The molecule has 5 heteroatoms. The van der Waals surface area contributed by atoms with Gasteiger partial charge in [0.25, 0.3) is 5.91 Å². The first-order chi connectivity index (χ1) is 10.8. The van der Waals surface area contributed by atoms with Crippen LogP contribution in [-0.4, -0.2) is 42.0 Å². The van der Waals surface area contributed by atoms with E-state index in [9.17, 15) is 10.1 Å². The largest absolute Gasteiger partial charge is 0.367 e. The number of piperazine rings is 1. The predicted octanol–water partition coefficient (Wildman–Crippen LogP) is 1.92. The van der Waals surface area contributed by atoms with Crippen molar-refractivity contribution in [2.75, 3.05) is 31.1 Å². The van der Waals surface area contributed by atoms with Crippen molar-refractivity contribution in [3.05, 3.63) is 59.9 Å². The Kier molecular flexibility index (Phi) is 4.01. The minimum absolute atomic E-state index is 0.0151. The van der Waals surface area contributed by atoms with E-state index < -0.39 is 0 Å². The molecule has 2 aromatic rings. The summed E-state index contributed by atoms with van der Waals surface area (Å²) in [5, 5.41) is 9.19. The number of para-hydroxylation sites is 1. The fraction of sp³-hybridized carbons (Fsp3) is 0.235. The molecule has 0 aliphatic carbocycles. The summed E-state index contributed by atoms with van der Waals surface area (Å²) in [7, 11) is 0. The van der Waals surface area contributed by atoms with Gasteiger partial charge >= 0.3 is 0 Å². The molecule has 110 valence electrons. The first-order valence-electron chi connectivity index (χ1n) is 7.23. The van der Waals surface area contributed by atoms with Gasteiger partial charge in [0, 0.05) is 38.6 Å². The summed E-state index contributed by atoms with van der Waals surface area (Å²) in [4.78, 5) is 20.4. The normalized spacial score (nSPS) is 14.5. The van der Waals surface area contributed by atoms with Crippen molar-refractivity contribution in [1.82, 2.24) is 9.88 Å². The Hall–Kier alpha value is -2.87. The molecule has 0 unspecified atom stereocenters. The van der Waals surface area contributed by atoms with Gasteiger partial charge in [-0.15, -0.1) is 0 Å². The molecule has 22 heavy (non-hydrogen) atoms. The highest BCUT2D eigenvalue weighted by molar-refractivity contribution is 5.94. The minimum atomic E-state index is 0.0151. The third-order valence-corrected chi connectivity index (χ3v) is 3.84. The average molecular weight is 292 g/mol. The molecule has 1 aromatic carbocycles. The van der Waals surface area contributed by atoms with Gasteiger partial charge in [0.15, 0.2) is 0 Å². The van der Waals surface area contributed by atoms with Gasteiger partial charge in [0.05, 0.1) is 16.8 Å². The summed E-state index contributed by atoms with van der Waals surface area (Å²) in [6, 6.07) is 13.4. The van der Waals surface area contributed by atoms with Gasteiger partial charge in [-0.05, 0) is 24.3 Å². The summed E-state index contributed by atoms with van der Waals surface area (Å²) >= 11 is 0. The predicted molar refractivity (Wildman–Crippen MR) is 83.5 cm³/mol. The second-order valence-corrected chi connectivity index (χ2v) is 5.15. The molecule has 1 amide bonds. The maximum Gasteiger partial charge on any atom is 0.255 e. The number of hydrogen-bond acceptors (Lipinski definition) is 4. The van der Waals surface area contributed by atoms with Crippen molar-refractivity contribution in [3.63, 3.8) is 0 Å². The zero-order chi connectivity index (χ0) is 15.4. The van der Waals surface area contributed by atoms with Gasteiger partial charge in [-0.25, -0.2) is 0 Å². The first-order valence-corrected chi connectivity index (χ1v) is 7.23. The van der Waals surface area contributed by atoms with Crippen LogP contribution in [0.2, 0.25) is 0 Å². The van der Waals surface area contributed by atoms with E-state index in [2.05, 4.69) is 16.0 Å². The Morgan fingerprint density at radius 1 is 1.09 bits per heavy atom. The number of hydrogen-bond donors (Lipinski definition) is 0. The van der Waals surface area contributed by atoms with Gasteiger partial charge < -0.3 is 9.80 Å². The van der Waals surface area contributed by atoms with Crippen LogP contribution in [0.15, 0.2) is 48.8 Å². The highest BCUT2D eigenvalue weighted by atomic mass is 16.2. The minimum Gasteiger partial charge on any atom is -0.367 e. The standard InChI is InChI=1S/C17H16N4O/c18-12-14-4-1-2-6-16(14)20-8-10-21(11-9-20)17(22)15-5-3-7-19-13-15/h1-7,13H,8-11H2. The lowest BCUT2D eigenvalue weighted by atomic mass is 10.1. The van der Waals surface area contributed by atoms with Crippen molar-refractivity contribution < 1.29 is 4.79 Å². The van der Waals surface area contributed by atoms with Crippen molar-refractivity contribution >= 4 is 11.6 Å². The molecule has 0 atom stereocenters. The molecule has 5 nitrogen and oxygen atoms in total. The average Bonchev–Trinajstić information content (AvgIpc) is 2.62. The second kappa shape index (κ2) is 6.27. The van der Waals surface area contributed by atoms with Crippen LogP contribution in [-0.2, 0) is 0 Å². The molecule has 1 aromatic heterocycles. The molecule has 0 N–H and O–H groups in total. The Morgan fingerprint density at radius 2 is 1.86 bits per heavy atom. The van der Waals surface area contributed by atoms with E-state index in [0.717, 1.165) is 18.8 Å². The first kappa shape index (κ1) is 14.1. The smallest absolute Gasteiger partial charge is 0.255 e. The number of nitrogens with zero attached hydrogens (tertiary/aromatic N) is 4. The SMILES string of the molecule is N#Cc1ccccc1N1CCN(C(=O)c2cccnc2)CC1. The molecule has 0 radical (unpaired) electrons. The molecule has 0 spiro atoms. The fourth-order valence-corrected chi connectivity index (χ4v) is 2.67. The maximum absolute atomic E-state index is 12.4. The van der Waals surface area contributed by atoms with E-state index in [1.54, 1.807) is 24.5 Å². The number of carbonyl (C=O) groups excluding carboxylic acids is 1. The number of anilines is 1. The lowest BCUT2D eigenvalue weighted by Crippen LogP contribution is -2.49. The maximum atomic E-state index is 12.4. The molecule has 2 heterocycles. The summed E-state index contributed by atoms with van der Waals surface area (Å²) in [5.41, 5.74) is 2.24. The molecule has 0 bridgehead atoms. The number of carbonyl (C=O) groups is 1. The zero-order valence-corrected chi connectivity index (χ0v) is 12.1. The molecule has 0 saturated carbocycles. The van der Waals surface area contributed by atoms with Crippen LogP contribution in [0.3, 0.4) is 0 Å². The van der Waals surface area contributed by atoms with E-state index in [1.165, 1.54) is 0 Å². The van der Waals surface area contributed by atoms with E-state index in [4.69, 9.17) is 0 Å². The molecule has 1 fully saturated rings. The fourth-order valence-electron chi connectivity index (χ4n) is 2.67. The third kappa shape index (κ3) is 2.77. The Morgan fingerprint density at radius 3 is 2.55 bits per heavy atom. The van der Waals surface area contributed by atoms with E-state index in [0.29, 0.717) is 24.2 Å². The number of aromatic nitrogens is 1. The summed E-state index contributed by atoms with van der Waals surface area (Å²) < 4.78 is 0. The Bertz CT molecular complexity index is 700. The molecular weight excluding hydrogens is 276 g/mol. The van der Waals surface area contributed by atoms with Crippen molar-refractivity contribution in [2.24, 2.45) is 0 Å². The number of rotatable bonds is 2. The van der Waals surface area contributed by atoms with Crippen LogP contribution in [0.5, 0.6) is 0 Å². The highest BCUT2D eigenvalue weighted by Crippen LogP contribution is 2.21. The van der Waals surface area contributed by atoms with Crippen molar-refractivity contribution in [3.8, 4) is 6.07 Å². The van der Waals surface area contributed by atoms with Crippen LogP contribution < -0.4 is 4.90 Å². The molecule has 1 aliphatic heterocycles. The lowest BCUT2D eigenvalue weighted by molar-refractivity contribution is 0.0746. The highest BCUT2D eigenvalue weighted by Gasteiger charge is 2.23. The van der Waals surface area contributed by atoms with Crippen LogP contribution in [0, 0.1) is 11.3 Å². The summed E-state index contributed by atoms with van der Waals surface area (Å²) in [6.07, 6.45) is 3.26. The van der Waals surface area contributed by atoms with E-state index >= 15 is 0 Å². The van der Waals surface area contributed by atoms with Gasteiger partial charge in [-0.1, -0.05) is 12.1 Å². The number of nitriles is 1. The lowest BCUT2D eigenvalue weighted by Gasteiger charge is -2.36. The van der Waals surface area contributed by atoms with Crippen LogP contribution in [0.1, 0.15) is 15.9 Å². The number of benzene rings is 1. The Balaban J connectivity index is 1.68. The summed E-state index contributed by atoms with van der Waals surface area (Å²) in [5.74, 6) is 0.0151. The molecule has 3 rings (SSSR count).